The maximum atomic E-state index is 6.18. The molecule has 0 aliphatic heterocycles. The molecule has 0 fully saturated rings. The Morgan fingerprint density at radius 3 is 1.32 bits per heavy atom. The van der Waals surface area contributed by atoms with Crippen molar-refractivity contribution >= 4 is 0 Å². The van der Waals surface area contributed by atoms with Gasteiger partial charge in [0.15, 0.2) is 0 Å². The predicted molar refractivity (Wildman–Crippen MR) is 101 cm³/mol. The third-order valence-corrected chi connectivity index (χ3v) is 4.71. The van der Waals surface area contributed by atoms with Crippen LogP contribution in [0.3, 0.4) is 0 Å². The average molecular weight is 313 g/mol. The highest BCUT2D eigenvalue weighted by molar-refractivity contribution is 4.62. The van der Waals surface area contributed by atoms with E-state index < -0.39 is 0 Å². The molecule has 0 aromatic rings. The van der Waals surface area contributed by atoms with Crippen LogP contribution in [0.4, 0.5) is 0 Å². The Morgan fingerprint density at radius 1 is 0.545 bits per heavy atom. The summed E-state index contributed by atoms with van der Waals surface area (Å²) in [6, 6.07) is 0.441. The minimum absolute atomic E-state index is 0.441. The molecule has 4 N–H and O–H groups in total. The maximum Gasteiger partial charge on any atom is 0.00388 e. The molecule has 0 aliphatic rings. The lowest BCUT2D eigenvalue weighted by atomic mass is 10.0. The third-order valence-electron chi connectivity index (χ3n) is 4.71. The Bertz CT molecular complexity index is 194. The minimum atomic E-state index is 0.441. The van der Waals surface area contributed by atoms with Gasteiger partial charge in [0, 0.05) is 6.04 Å². The molecule has 2 heteroatoms. The van der Waals surface area contributed by atoms with E-state index in [-0.39, 0.29) is 0 Å². The molecule has 0 rings (SSSR count). The molecule has 0 aliphatic carbocycles. The van der Waals surface area contributed by atoms with E-state index >= 15 is 0 Å². The van der Waals surface area contributed by atoms with Crippen LogP contribution in [-0.2, 0) is 0 Å². The van der Waals surface area contributed by atoms with Crippen molar-refractivity contribution in [3.8, 4) is 0 Å². The van der Waals surface area contributed by atoms with Crippen molar-refractivity contribution in [3.05, 3.63) is 0 Å². The van der Waals surface area contributed by atoms with Crippen LogP contribution < -0.4 is 11.5 Å². The molecule has 0 saturated heterocycles. The lowest BCUT2D eigenvalue weighted by Gasteiger charge is -2.11. The molecule has 0 heterocycles. The fourth-order valence-corrected chi connectivity index (χ4v) is 3.12. The summed E-state index contributed by atoms with van der Waals surface area (Å²) in [6.07, 6.45) is 23.1. The van der Waals surface area contributed by atoms with Crippen LogP contribution in [-0.4, -0.2) is 12.6 Å². The lowest BCUT2D eigenvalue weighted by molar-refractivity contribution is 0.483. The molecule has 2 nitrogen and oxygen atoms in total. The van der Waals surface area contributed by atoms with Crippen LogP contribution in [0.1, 0.15) is 116 Å². The van der Waals surface area contributed by atoms with Crippen LogP contribution in [0, 0.1) is 0 Å². The third kappa shape index (κ3) is 18.0. The molecule has 0 amide bonds. The van der Waals surface area contributed by atoms with E-state index in [1.54, 1.807) is 0 Å². The Balaban J connectivity index is 3.09. The van der Waals surface area contributed by atoms with Gasteiger partial charge in [0.1, 0.15) is 0 Å². The largest absolute Gasteiger partial charge is 0.330 e. The standard InChI is InChI=1S/C20H44N2/c1-2-3-4-5-6-7-8-9-10-11-14-17-20(22)18-15-12-13-16-19-21/h20H,2-19,21-22H2,1H3. The van der Waals surface area contributed by atoms with Crippen molar-refractivity contribution in [2.75, 3.05) is 6.54 Å². The highest BCUT2D eigenvalue weighted by atomic mass is 14.6. The summed E-state index contributed by atoms with van der Waals surface area (Å²) >= 11 is 0. The Hall–Kier alpha value is -0.0800. The van der Waals surface area contributed by atoms with Crippen LogP contribution >= 0.6 is 0 Å². The van der Waals surface area contributed by atoms with E-state index in [0.717, 1.165) is 6.54 Å². The summed E-state index contributed by atoms with van der Waals surface area (Å²) in [4.78, 5) is 0. The van der Waals surface area contributed by atoms with Crippen LogP contribution in [0.15, 0.2) is 0 Å². The van der Waals surface area contributed by atoms with Gasteiger partial charge in [0.25, 0.3) is 0 Å². The number of rotatable bonds is 18. The number of unbranched alkanes of at least 4 members (excludes halogenated alkanes) is 13. The molecular formula is C20H44N2. The highest BCUT2D eigenvalue weighted by Gasteiger charge is 2.02. The SMILES string of the molecule is CCCCCCCCCCCCCC(N)CCCCCCN. The first-order valence-corrected chi connectivity index (χ1v) is 10.3. The monoisotopic (exact) mass is 312 g/mol. The molecule has 0 spiro atoms. The van der Waals surface area contributed by atoms with Gasteiger partial charge in [-0.25, -0.2) is 0 Å². The van der Waals surface area contributed by atoms with Gasteiger partial charge in [-0.05, 0) is 25.8 Å². The second-order valence-electron chi connectivity index (χ2n) is 7.08. The van der Waals surface area contributed by atoms with Gasteiger partial charge in [0.05, 0.1) is 0 Å². The topological polar surface area (TPSA) is 52.0 Å². The molecule has 0 aromatic heterocycles. The zero-order valence-electron chi connectivity index (χ0n) is 15.5. The Labute approximate surface area is 140 Å². The Morgan fingerprint density at radius 2 is 0.909 bits per heavy atom. The van der Waals surface area contributed by atoms with Gasteiger partial charge < -0.3 is 11.5 Å². The quantitative estimate of drug-likeness (QED) is 0.308. The van der Waals surface area contributed by atoms with E-state index in [0.29, 0.717) is 6.04 Å². The summed E-state index contributed by atoms with van der Waals surface area (Å²) < 4.78 is 0. The first-order chi connectivity index (χ1) is 10.8. The van der Waals surface area contributed by atoms with Crippen molar-refractivity contribution in [3.63, 3.8) is 0 Å². The van der Waals surface area contributed by atoms with Crippen molar-refractivity contribution in [1.82, 2.24) is 0 Å². The predicted octanol–water partition coefficient (Wildman–Crippen LogP) is 5.92. The first-order valence-electron chi connectivity index (χ1n) is 10.3. The molecule has 0 bridgehead atoms. The van der Waals surface area contributed by atoms with Crippen molar-refractivity contribution in [2.24, 2.45) is 11.5 Å². The highest BCUT2D eigenvalue weighted by Crippen LogP contribution is 2.13. The van der Waals surface area contributed by atoms with E-state index in [1.165, 1.54) is 109 Å². The van der Waals surface area contributed by atoms with Crippen LogP contribution in [0.25, 0.3) is 0 Å². The number of hydrogen-bond acceptors (Lipinski definition) is 2. The molecule has 0 aromatic carbocycles. The summed E-state index contributed by atoms with van der Waals surface area (Å²) in [5, 5.41) is 0. The van der Waals surface area contributed by atoms with Gasteiger partial charge in [-0.1, -0.05) is 96.8 Å². The Kier molecular flexibility index (Phi) is 18.9. The molecule has 1 atom stereocenters. The molecule has 0 radical (unpaired) electrons. The summed E-state index contributed by atoms with van der Waals surface area (Å²) in [6.45, 7) is 3.12. The molecule has 1 unspecified atom stereocenters. The zero-order chi connectivity index (χ0) is 16.3. The van der Waals surface area contributed by atoms with Crippen molar-refractivity contribution < 1.29 is 0 Å². The second kappa shape index (κ2) is 19.0. The van der Waals surface area contributed by atoms with Gasteiger partial charge in [0.2, 0.25) is 0 Å². The van der Waals surface area contributed by atoms with Crippen molar-refractivity contribution in [2.45, 2.75) is 122 Å². The fraction of sp³-hybridized carbons (Fsp3) is 1.00. The van der Waals surface area contributed by atoms with E-state index in [4.69, 9.17) is 11.5 Å². The smallest absolute Gasteiger partial charge is 0.00388 e. The molecular weight excluding hydrogens is 268 g/mol. The summed E-state index contributed by atoms with van der Waals surface area (Å²) in [5.41, 5.74) is 11.7. The number of nitrogens with two attached hydrogens (primary N) is 2. The molecule has 0 saturated carbocycles. The van der Waals surface area contributed by atoms with E-state index in [2.05, 4.69) is 6.92 Å². The summed E-state index contributed by atoms with van der Waals surface area (Å²) in [5.74, 6) is 0. The van der Waals surface area contributed by atoms with Gasteiger partial charge in [-0.3, -0.25) is 0 Å². The average Bonchev–Trinajstić information content (AvgIpc) is 2.52. The number of hydrogen-bond donors (Lipinski definition) is 2. The van der Waals surface area contributed by atoms with Gasteiger partial charge in [-0.15, -0.1) is 0 Å². The molecule has 134 valence electrons. The zero-order valence-corrected chi connectivity index (χ0v) is 15.5. The lowest BCUT2D eigenvalue weighted by Crippen LogP contribution is -2.19. The van der Waals surface area contributed by atoms with Gasteiger partial charge in [-0.2, -0.15) is 0 Å². The molecule has 22 heavy (non-hydrogen) atoms. The van der Waals surface area contributed by atoms with Gasteiger partial charge >= 0.3 is 0 Å². The second-order valence-corrected chi connectivity index (χ2v) is 7.08. The normalized spacial score (nSPS) is 12.7. The fourth-order valence-electron chi connectivity index (χ4n) is 3.12. The van der Waals surface area contributed by atoms with E-state index in [9.17, 15) is 0 Å². The van der Waals surface area contributed by atoms with Crippen molar-refractivity contribution in [1.29, 1.82) is 0 Å². The van der Waals surface area contributed by atoms with Crippen LogP contribution in [0.2, 0.25) is 0 Å². The maximum absolute atomic E-state index is 6.18. The van der Waals surface area contributed by atoms with E-state index in [1.807, 2.05) is 0 Å². The minimum Gasteiger partial charge on any atom is -0.330 e. The summed E-state index contributed by atoms with van der Waals surface area (Å²) in [7, 11) is 0. The van der Waals surface area contributed by atoms with Crippen LogP contribution in [0.5, 0.6) is 0 Å². The first kappa shape index (κ1) is 21.9.